The lowest BCUT2D eigenvalue weighted by atomic mass is 9.98. The number of nitrogens with zero attached hydrogens (tertiary/aromatic N) is 1. The molecule has 0 unspecified atom stereocenters. The Labute approximate surface area is 114 Å². The van der Waals surface area contributed by atoms with Crippen LogP contribution in [0.15, 0.2) is 24.3 Å². The maximum Gasteiger partial charge on any atom is 0.416 e. The molecule has 0 spiro atoms. The van der Waals surface area contributed by atoms with Crippen molar-refractivity contribution < 1.29 is 22.8 Å². The number of likely N-dealkylation sites (tertiary alicyclic amines) is 1. The predicted octanol–water partition coefficient (Wildman–Crippen LogP) is 2.76. The lowest BCUT2D eigenvalue weighted by Gasteiger charge is -2.29. The normalized spacial score (nSPS) is 17.1. The van der Waals surface area contributed by atoms with Crippen LogP contribution in [0.2, 0.25) is 0 Å². The highest BCUT2D eigenvalue weighted by molar-refractivity contribution is 5.94. The number of benzene rings is 1. The maximum atomic E-state index is 12.4. The Hall–Kier alpha value is -1.85. The summed E-state index contributed by atoms with van der Waals surface area (Å²) in [5.74, 6) is -0.310. The number of aldehydes is 1. The fourth-order valence-corrected chi connectivity index (χ4v) is 2.22. The molecule has 108 valence electrons. The standard InChI is InChI=1S/C14H14F3NO2/c15-14(16,17)12-3-1-11(2-4-12)13(20)18-7-5-10(9-19)6-8-18/h1-4,9-10H,5-8H2. The molecule has 2 rings (SSSR count). The summed E-state index contributed by atoms with van der Waals surface area (Å²) < 4.78 is 37.3. The van der Waals surface area contributed by atoms with Crippen molar-refractivity contribution in [1.29, 1.82) is 0 Å². The molecule has 0 bridgehead atoms. The Morgan fingerprint density at radius 3 is 2.15 bits per heavy atom. The molecule has 1 aliphatic rings. The average molecular weight is 285 g/mol. The van der Waals surface area contributed by atoms with Crippen molar-refractivity contribution in [2.75, 3.05) is 13.1 Å². The van der Waals surface area contributed by atoms with Crippen molar-refractivity contribution >= 4 is 12.2 Å². The number of alkyl halides is 3. The van der Waals surface area contributed by atoms with Gasteiger partial charge in [0.25, 0.3) is 5.91 Å². The van der Waals surface area contributed by atoms with Crippen molar-refractivity contribution in [2.24, 2.45) is 5.92 Å². The van der Waals surface area contributed by atoms with E-state index in [1.54, 1.807) is 4.90 Å². The minimum absolute atomic E-state index is 0.0216. The van der Waals surface area contributed by atoms with Gasteiger partial charge in [0.15, 0.2) is 0 Å². The van der Waals surface area contributed by atoms with Crippen LogP contribution in [0.5, 0.6) is 0 Å². The molecule has 1 saturated heterocycles. The zero-order chi connectivity index (χ0) is 14.8. The molecule has 1 aromatic rings. The zero-order valence-electron chi connectivity index (χ0n) is 10.7. The third-order valence-electron chi connectivity index (χ3n) is 3.48. The van der Waals surface area contributed by atoms with Crippen LogP contribution >= 0.6 is 0 Å². The number of piperidine rings is 1. The molecule has 0 radical (unpaired) electrons. The van der Waals surface area contributed by atoms with Gasteiger partial charge in [-0.15, -0.1) is 0 Å². The highest BCUT2D eigenvalue weighted by Crippen LogP contribution is 2.29. The summed E-state index contributed by atoms with van der Waals surface area (Å²) in [6, 6.07) is 4.20. The summed E-state index contributed by atoms with van der Waals surface area (Å²) in [6.45, 7) is 0.923. The monoisotopic (exact) mass is 285 g/mol. The van der Waals surface area contributed by atoms with Gasteiger partial charge < -0.3 is 9.69 Å². The molecular weight excluding hydrogens is 271 g/mol. The number of halogens is 3. The second kappa shape index (κ2) is 5.64. The molecular formula is C14H14F3NO2. The van der Waals surface area contributed by atoms with Crippen molar-refractivity contribution in [3.63, 3.8) is 0 Å². The van der Waals surface area contributed by atoms with Gasteiger partial charge in [-0.1, -0.05) is 0 Å². The van der Waals surface area contributed by atoms with Crippen LogP contribution in [0.3, 0.4) is 0 Å². The summed E-state index contributed by atoms with van der Waals surface area (Å²) in [4.78, 5) is 24.3. The van der Waals surface area contributed by atoms with E-state index in [4.69, 9.17) is 0 Å². The van der Waals surface area contributed by atoms with Crippen LogP contribution < -0.4 is 0 Å². The van der Waals surface area contributed by atoms with E-state index in [1.165, 1.54) is 12.1 Å². The second-order valence-electron chi connectivity index (χ2n) is 4.84. The summed E-state index contributed by atoms with van der Waals surface area (Å²) in [5, 5.41) is 0. The van der Waals surface area contributed by atoms with E-state index in [0.717, 1.165) is 18.4 Å². The summed E-state index contributed by atoms with van der Waals surface area (Å²) >= 11 is 0. The predicted molar refractivity (Wildman–Crippen MR) is 66.1 cm³/mol. The Bertz CT molecular complexity index is 488. The van der Waals surface area contributed by atoms with Gasteiger partial charge in [0.2, 0.25) is 0 Å². The fraction of sp³-hybridized carbons (Fsp3) is 0.429. The molecule has 1 aliphatic heterocycles. The van der Waals surface area contributed by atoms with Crippen LogP contribution in [0.4, 0.5) is 13.2 Å². The van der Waals surface area contributed by atoms with Crippen LogP contribution in [0.1, 0.15) is 28.8 Å². The number of amides is 1. The molecule has 0 N–H and O–H groups in total. The zero-order valence-corrected chi connectivity index (χ0v) is 10.7. The number of carbonyl (C=O) groups excluding carboxylic acids is 2. The van der Waals surface area contributed by atoms with Gasteiger partial charge in [0.1, 0.15) is 6.29 Å². The topological polar surface area (TPSA) is 37.4 Å². The lowest BCUT2D eigenvalue weighted by molar-refractivity contribution is -0.137. The molecule has 0 atom stereocenters. The largest absolute Gasteiger partial charge is 0.416 e. The summed E-state index contributed by atoms with van der Waals surface area (Å²) in [5.41, 5.74) is -0.531. The summed E-state index contributed by atoms with van der Waals surface area (Å²) in [7, 11) is 0. The van der Waals surface area contributed by atoms with E-state index < -0.39 is 11.7 Å². The molecule has 6 heteroatoms. The van der Waals surface area contributed by atoms with Crippen LogP contribution in [-0.4, -0.2) is 30.2 Å². The fourth-order valence-electron chi connectivity index (χ4n) is 2.22. The van der Waals surface area contributed by atoms with E-state index in [9.17, 15) is 22.8 Å². The third-order valence-corrected chi connectivity index (χ3v) is 3.48. The number of carbonyl (C=O) groups is 2. The maximum absolute atomic E-state index is 12.4. The molecule has 20 heavy (non-hydrogen) atoms. The summed E-state index contributed by atoms with van der Waals surface area (Å²) in [6.07, 6.45) is -2.30. The Morgan fingerprint density at radius 1 is 1.15 bits per heavy atom. The van der Waals surface area contributed by atoms with Crippen LogP contribution in [-0.2, 0) is 11.0 Å². The molecule has 1 heterocycles. The minimum Gasteiger partial charge on any atom is -0.339 e. The first-order chi connectivity index (χ1) is 9.41. The average Bonchev–Trinajstić information content (AvgIpc) is 2.46. The van der Waals surface area contributed by atoms with Gasteiger partial charge in [-0.3, -0.25) is 4.79 Å². The van der Waals surface area contributed by atoms with E-state index in [-0.39, 0.29) is 17.4 Å². The number of hydrogen-bond acceptors (Lipinski definition) is 2. The number of rotatable bonds is 2. The first kappa shape index (κ1) is 14.6. The smallest absolute Gasteiger partial charge is 0.339 e. The second-order valence-corrected chi connectivity index (χ2v) is 4.84. The van der Waals surface area contributed by atoms with Crippen molar-refractivity contribution in [3.05, 3.63) is 35.4 Å². The highest BCUT2D eigenvalue weighted by Gasteiger charge is 2.30. The van der Waals surface area contributed by atoms with Crippen molar-refractivity contribution in [1.82, 2.24) is 4.90 Å². The SMILES string of the molecule is O=CC1CCN(C(=O)c2ccc(C(F)(F)F)cc2)CC1. The number of hydrogen-bond donors (Lipinski definition) is 0. The molecule has 3 nitrogen and oxygen atoms in total. The van der Waals surface area contributed by atoms with Crippen molar-refractivity contribution in [2.45, 2.75) is 19.0 Å². The van der Waals surface area contributed by atoms with Gasteiger partial charge in [0, 0.05) is 24.6 Å². The Kier molecular flexibility index (Phi) is 4.11. The third kappa shape index (κ3) is 3.18. The van der Waals surface area contributed by atoms with E-state index >= 15 is 0 Å². The molecule has 1 amide bonds. The van der Waals surface area contributed by atoms with Gasteiger partial charge in [0.05, 0.1) is 5.56 Å². The van der Waals surface area contributed by atoms with E-state index in [2.05, 4.69) is 0 Å². The van der Waals surface area contributed by atoms with Gasteiger partial charge in [-0.25, -0.2) is 0 Å². The van der Waals surface area contributed by atoms with Gasteiger partial charge >= 0.3 is 6.18 Å². The molecule has 1 fully saturated rings. The van der Waals surface area contributed by atoms with Crippen LogP contribution in [0, 0.1) is 5.92 Å². The lowest BCUT2D eigenvalue weighted by Crippen LogP contribution is -2.38. The van der Waals surface area contributed by atoms with Gasteiger partial charge in [-0.05, 0) is 37.1 Å². The molecule has 0 aliphatic carbocycles. The van der Waals surface area contributed by atoms with Crippen molar-refractivity contribution in [3.8, 4) is 0 Å². The molecule has 1 aromatic carbocycles. The Morgan fingerprint density at radius 2 is 1.70 bits per heavy atom. The van der Waals surface area contributed by atoms with E-state index in [1.807, 2.05) is 0 Å². The molecule has 0 aromatic heterocycles. The highest BCUT2D eigenvalue weighted by atomic mass is 19.4. The van der Waals surface area contributed by atoms with Crippen LogP contribution in [0.25, 0.3) is 0 Å². The first-order valence-electron chi connectivity index (χ1n) is 6.33. The Balaban J connectivity index is 2.05. The molecule has 0 saturated carbocycles. The van der Waals surface area contributed by atoms with E-state index in [0.29, 0.717) is 25.9 Å². The minimum atomic E-state index is -4.40. The quantitative estimate of drug-likeness (QED) is 0.784. The van der Waals surface area contributed by atoms with Gasteiger partial charge in [-0.2, -0.15) is 13.2 Å². The first-order valence-corrected chi connectivity index (χ1v) is 6.33.